The molecule has 1 unspecified atom stereocenters. The number of aromatic nitrogens is 1. The second-order valence-electron chi connectivity index (χ2n) is 3.92. The van der Waals surface area contributed by atoms with Gasteiger partial charge in [0.15, 0.2) is 0 Å². The molecule has 84 valence electrons. The third-order valence-corrected chi connectivity index (χ3v) is 2.54. The Morgan fingerprint density at radius 3 is 2.73 bits per heavy atom. The van der Waals surface area contributed by atoms with Gasteiger partial charge in [-0.25, -0.2) is 4.98 Å². The van der Waals surface area contributed by atoms with Crippen LogP contribution in [-0.2, 0) is 0 Å². The lowest BCUT2D eigenvalue weighted by Crippen LogP contribution is -2.19. The molecule has 0 aliphatic carbocycles. The van der Waals surface area contributed by atoms with Crippen LogP contribution in [0, 0.1) is 5.92 Å². The van der Waals surface area contributed by atoms with Crippen LogP contribution < -0.4 is 10.5 Å². The zero-order chi connectivity index (χ0) is 11.3. The summed E-state index contributed by atoms with van der Waals surface area (Å²) in [4.78, 5) is 4.24. The summed E-state index contributed by atoms with van der Waals surface area (Å²) >= 11 is 0. The Balaban J connectivity index is 2.99. The number of pyridine rings is 1. The van der Waals surface area contributed by atoms with Crippen LogP contribution in [0.4, 0.5) is 0 Å². The average Bonchev–Trinajstić information content (AvgIpc) is 2.21. The first-order chi connectivity index (χ1) is 7.20. The summed E-state index contributed by atoms with van der Waals surface area (Å²) in [6, 6.07) is 3.98. The van der Waals surface area contributed by atoms with Crippen molar-refractivity contribution < 1.29 is 4.74 Å². The zero-order valence-corrected chi connectivity index (χ0v) is 9.73. The van der Waals surface area contributed by atoms with E-state index in [1.165, 1.54) is 0 Å². The number of ether oxygens (including phenoxy) is 1. The smallest absolute Gasteiger partial charge is 0.216 e. The van der Waals surface area contributed by atoms with Crippen LogP contribution in [0.2, 0.25) is 0 Å². The SMILES string of the molecule is CCOc1ncccc1C(CN)C(C)C. The van der Waals surface area contributed by atoms with Crippen LogP contribution >= 0.6 is 0 Å². The maximum atomic E-state index is 5.79. The molecule has 0 aliphatic heterocycles. The van der Waals surface area contributed by atoms with Gasteiger partial charge in [0.2, 0.25) is 5.88 Å². The van der Waals surface area contributed by atoms with Crippen molar-refractivity contribution in [2.45, 2.75) is 26.7 Å². The van der Waals surface area contributed by atoms with Gasteiger partial charge in [-0.2, -0.15) is 0 Å². The highest BCUT2D eigenvalue weighted by atomic mass is 16.5. The fourth-order valence-electron chi connectivity index (χ4n) is 1.70. The molecule has 0 saturated heterocycles. The van der Waals surface area contributed by atoms with Gasteiger partial charge in [-0.15, -0.1) is 0 Å². The van der Waals surface area contributed by atoms with Crippen molar-refractivity contribution in [3.05, 3.63) is 23.9 Å². The molecular weight excluding hydrogens is 188 g/mol. The van der Waals surface area contributed by atoms with Crippen molar-refractivity contribution >= 4 is 0 Å². The Labute approximate surface area is 91.7 Å². The molecule has 0 fully saturated rings. The molecule has 1 aromatic heterocycles. The maximum Gasteiger partial charge on any atom is 0.216 e. The lowest BCUT2D eigenvalue weighted by molar-refractivity contribution is 0.316. The van der Waals surface area contributed by atoms with E-state index in [2.05, 4.69) is 24.9 Å². The monoisotopic (exact) mass is 208 g/mol. The van der Waals surface area contributed by atoms with Crippen molar-refractivity contribution in [2.24, 2.45) is 11.7 Å². The molecular formula is C12H20N2O. The van der Waals surface area contributed by atoms with E-state index in [4.69, 9.17) is 10.5 Å². The lowest BCUT2D eigenvalue weighted by Gasteiger charge is -2.21. The minimum absolute atomic E-state index is 0.320. The topological polar surface area (TPSA) is 48.1 Å². The van der Waals surface area contributed by atoms with Crippen LogP contribution in [0.3, 0.4) is 0 Å². The summed E-state index contributed by atoms with van der Waals surface area (Å²) in [6.07, 6.45) is 1.75. The molecule has 1 aromatic rings. The summed E-state index contributed by atoms with van der Waals surface area (Å²) in [6.45, 7) is 7.56. The standard InChI is InChI=1S/C12H20N2O/c1-4-15-12-10(6-5-7-14-12)11(8-13)9(2)3/h5-7,9,11H,4,8,13H2,1-3H3. The highest BCUT2D eigenvalue weighted by molar-refractivity contribution is 5.30. The minimum atomic E-state index is 0.320. The van der Waals surface area contributed by atoms with Crippen molar-refractivity contribution in [3.8, 4) is 5.88 Å². The van der Waals surface area contributed by atoms with Crippen LogP contribution in [0.5, 0.6) is 5.88 Å². The van der Waals surface area contributed by atoms with Gasteiger partial charge in [-0.1, -0.05) is 19.9 Å². The van der Waals surface area contributed by atoms with Gasteiger partial charge >= 0.3 is 0 Å². The van der Waals surface area contributed by atoms with Crippen molar-refractivity contribution in [1.82, 2.24) is 4.98 Å². The Hall–Kier alpha value is -1.09. The largest absolute Gasteiger partial charge is 0.478 e. The van der Waals surface area contributed by atoms with E-state index in [-0.39, 0.29) is 0 Å². The summed E-state index contributed by atoms with van der Waals surface area (Å²) in [5.41, 5.74) is 6.91. The van der Waals surface area contributed by atoms with E-state index >= 15 is 0 Å². The van der Waals surface area contributed by atoms with Gasteiger partial charge in [0.25, 0.3) is 0 Å². The fourth-order valence-corrected chi connectivity index (χ4v) is 1.70. The van der Waals surface area contributed by atoms with E-state index in [1.807, 2.05) is 13.0 Å². The number of nitrogens with two attached hydrogens (primary N) is 1. The molecule has 0 aromatic carbocycles. The van der Waals surface area contributed by atoms with Gasteiger partial charge in [0.1, 0.15) is 0 Å². The molecule has 3 nitrogen and oxygen atoms in total. The summed E-state index contributed by atoms with van der Waals surface area (Å²) in [5, 5.41) is 0. The lowest BCUT2D eigenvalue weighted by atomic mass is 9.89. The maximum absolute atomic E-state index is 5.79. The molecule has 15 heavy (non-hydrogen) atoms. The number of nitrogens with zero attached hydrogens (tertiary/aromatic N) is 1. The number of hydrogen-bond donors (Lipinski definition) is 1. The predicted molar refractivity (Wildman–Crippen MR) is 62.0 cm³/mol. The molecule has 0 amide bonds. The summed E-state index contributed by atoms with van der Waals surface area (Å²) in [5.74, 6) is 1.54. The summed E-state index contributed by atoms with van der Waals surface area (Å²) in [7, 11) is 0. The quantitative estimate of drug-likeness (QED) is 0.806. The molecule has 0 saturated carbocycles. The van der Waals surface area contributed by atoms with E-state index in [9.17, 15) is 0 Å². The molecule has 0 aliphatic rings. The number of hydrogen-bond acceptors (Lipinski definition) is 3. The molecule has 0 radical (unpaired) electrons. The highest BCUT2D eigenvalue weighted by Gasteiger charge is 2.18. The van der Waals surface area contributed by atoms with Crippen molar-refractivity contribution in [1.29, 1.82) is 0 Å². The molecule has 2 N–H and O–H groups in total. The first-order valence-electron chi connectivity index (χ1n) is 5.48. The van der Waals surface area contributed by atoms with Gasteiger partial charge < -0.3 is 10.5 Å². The first kappa shape index (κ1) is 12.0. The second kappa shape index (κ2) is 5.71. The Morgan fingerprint density at radius 2 is 2.20 bits per heavy atom. The molecule has 0 spiro atoms. The van der Waals surface area contributed by atoms with E-state index in [1.54, 1.807) is 6.20 Å². The average molecular weight is 208 g/mol. The summed E-state index contributed by atoms with van der Waals surface area (Å²) < 4.78 is 5.50. The van der Waals surface area contributed by atoms with E-state index in [0.717, 1.165) is 11.4 Å². The normalized spacial score (nSPS) is 12.9. The van der Waals surface area contributed by atoms with Gasteiger partial charge in [0.05, 0.1) is 6.61 Å². The van der Waals surface area contributed by atoms with Gasteiger partial charge in [-0.3, -0.25) is 0 Å². The molecule has 1 atom stereocenters. The Kier molecular flexibility index (Phi) is 4.56. The predicted octanol–water partition coefficient (Wildman–Crippen LogP) is 2.18. The van der Waals surface area contributed by atoms with Gasteiger partial charge in [-0.05, 0) is 25.5 Å². The third kappa shape index (κ3) is 2.93. The Bertz CT molecular complexity index is 299. The Morgan fingerprint density at radius 1 is 1.47 bits per heavy atom. The van der Waals surface area contributed by atoms with Gasteiger partial charge in [0, 0.05) is 17.7 Å². The van der Waals surface area contributed by atoms with Crippen molar-refractivity contribution in [2.75, 3.05) is 13.2 Å². The van der Waals surface area contributed by atoms with Crippen LogP contribution in [0.15, 0.2) is 18.3 Å². The van der Waals surface area contributed by atoms with Crippen LogP contribution in [0.25, 0.3) is 0 Å². The highest BCUT2D eigenvalue weighted by Crippen LogP contribution is 2.29. The van der Waals surface area contributed by atoms with E-state index < -0.39 is 0 Å². The molecule has 1 heterocycles. The van der Waals surface area contributed by atoms with Crippen molar-refractivity contribution in [3.63, 3.8) is 0 Å². The molecule has 1 rings (SSSR count). The van der Waals surface area contributed by atoms with Crippen LogP contribution in [0.1, 0.15) is 32.3 Å². The fraction of sp³-hybridized carbons (Fsp3) is 0.583. The first-order valence-corrected chi connectivity index (χ1v) is 5.48. The molecule has 0 bridgehead atoms. The van der Waals surface area contributed by atoms with E-state index in [0.29, 0.717) is 25.0 Å². The minimum Gasteiger partial charge on any atom is -0.478 e. The second-order valence-corrected chi connectivity index (χ2v) is 3.92. The number of rotatable bonds is 5. The third-order valence-electron chi connectivity index (χ3n) is 2.54. The van der Waals surface area contributed by atoms with Crippen LogP contribution in [-0.4, -0.2) is 18.1 Å². The molecule has 3 heteroatoms. The zero-order valence-electron chi connectivity index (χ0n) is 9.73.